The quantitative estimate of drug-likeness (QED) is 0.618. The Morgan fingerprint density at radius 3 is 2.43 bits per heavy atom. The summed E-state index contributed by atoms with van der Waals surface area (Å²) < 4.78 is 39.0. The minimum atomic E-state index is -3.79. The molecule has 114 valence electrons. The second-order valence-electron chi connectivity index (χ2n) is 4.20. The molecule has 7 heteroatoms. The largest absolute Gasteiger partial charge is 0.329 e. The van der Waals surface area contributed by atoms with Crippen molar-refractivity contribution in [2.24, 2.45) is 0 Å². The van der Waals surface area contributed by atoms with Crippen molar-refractivity contribution in [2.75, 3.05) is 6.54 Å². The molecule has 1 aromatic carbocycles. The first-order valence-electron chi connectivity index (χ1n) is 6.18. The number of benzene rings is 1. The highest BCUT2D eigenvalue weighted by Crippen LogP contribution is 2.20. The Morgan fingerprint density at radius 2 is 1.95 bits per heavy atom. The molecule has 1 rings (SSSR count). The van der Waals surface area contributed by atoms with E-state index in [0.29, 0.717) is 12.1 Å². The summed E-state index contributed by atoms with van der Waals surface area (Å²) in [6, 6.07) is 4.59. The van der Waals surface area contributed by atoms with Gasteiger partial charge in [0, 0.05) is 17.9 Å². The van der Waals surface area contributed by atoms with Gasteiger partial charge in [-0.2, -0.15) is 0 Å². The van der Waals surface area contributed by atoms with Crippen LogP contribution in [0.3, 0.4) is 0 Å². The molecule has 0 fully saturated rings. The van der Waals surface area contributed by atoms with Gasteiger partial charge in [0.25, 0.3) is 10.0 Å². The maximum absolute atomic E-state index is 12.9. The van der Waals surface area contributed by atoms with Crippen LogP contribution in [-0.2, 0) is 14.8 Å². The van der Waals surface area contributed by atoms with Gasteiger partial charge in [-0.05, 0) is 44.2 Å². The van der Waals surface area contributed by atoms with Crippen LogP contribution in [0.25, 0.3) is 0 Å². The maximum Gasteiger partial charge on any atom is 0.264 e. The molecular formula is C14H17FN2O3S. The fourth-order valence-corrected chi connectivity index (χ4v) is 3.29. The molecule has 0 atom stereocenters. The van der Waals surface area contributed by atoms with E-state index in [1.165, 1.54) is 18.2 Å². The lowest BCUT2D eigenvalue weighted by atomic mass is 10.3. The lowest BCUT2D eigenvalue weighted by Gasteiger charge is -2.23. The first-order chi connectivity index (χ1) is 9.82. The van der Waals surface area contributed by atoms with Crippen LogP contribution >= 0.6 is 0 Å². The molecule has 0 saturated heterocycles. The summed E-state index contributed by atoms with van der Waals surface area (Å²) in [5.74, 6) is -0.507. The summed E-state index contributed by atoms with van der Waals surface area (Å²) in [5, 5.41) is 2.33. The minimum absolute atomic E-state index is 0.00698. The first kappa shape index (κ1) is 16.9. The average molecular weight is 312 g/mol. The number of carbonyl (C=O) groups excluding carboxylic acids is 1. The Morgan fingerprint density at radius 1 is 1.38 bits per heavy atom. The van der Waals surface area contributed by atoms with Crippen LogP contribution in [0.2, 0.25) is 0 Å². The lowest BCUT2D eigenvalue weighted by molar-refractivity contribution is -0.108. The summed E-state index contributed by atoms with van der Waals surface area (Å²) >= 11 is 0. The third-order valence-electron chi connectivity index (χ3n) is 2.71. The van der Waals surface area contributed by atoms with Gasteiger partial charge in [0.05, 0.1) is 4.90 Å². The Hall–Kier alpha value is -2.15. The molecule has 0 aliphatic heterocycles. The second kappa shape index (κ2) is 7.03. The van der Waals surface area contributed by atoms with Gasteiger partial charge >= 0.3 is 0 Å². The van der Waals surface area contributed by atoms with Gasteiger partial charge in [-0.25, -0.2) is 12.8 Å². The van der Waals surface area contributed by atoms with Crippen molar-refractivity contribution >= 4 is 16.4 Å². The van der Waals surface area contributed by atoms with Crippen molar-refractivity contribution in [3.63, 3.8) is 0 Å². The molecule has 0 bridgehead atoms. The number of hydrogen-bond acceptors (Lipinski definition) is 3. The second-order valence-corrected chi connectivity index (χ2v) is 6.06. The Balaban J connectivity index is 3.16. The van der Waals surface area contributed by atoms with Gasteiger partial charge in [0.2, 0.25) is 6.41 Å². The predicted octanol–water partition coefficient (Wildman–Crippen LogP) is 2.00. The minimum Gasteiger partial charge on any atom is -0.329 e. The first-order valence-corrected chi connectivity index (χ1v) is 7.62. The van der Waals surface area contributed by atoms with E-state index >= 15 is 0 Å². The molecule has 0 saturated carbocycles. The van der Waals surface area contributed by atoms with Crippen LogP contribution in [0.15, 0.2) is 53.2 Å². The number of nitrogens with one attached hydrogen (secondary N) is 1. The summed E-state index contributed by atoms with van der Waals surface area (Å²) in [6.07, 6.45) is 1.90. The van der Waals surface area contributed by atoms with E-state index in [4.69, 9.17) is 0 Å². The zero-order valence-corrected chi connectivity index (χ0v) is 12.7. The van der Waals surface area contributed by atoms with Crippen molar-refractivity contribution in [3.8, 4) is 0 Å². The summed E-state index contributed by atoms with van der Waals surface area (Å²) in [4.78, 5) is 10.3. The number of nitrogens with zero attached hydrogens (tertiary/aromatic N) is 1. The van der Waals surface area contributed by atoms with E-state index in [9.17, 15) is 17.6 Å². The monoisotopic (exact) mass is 312 g/mol. The van der Waals surface area contributed by atoms with Crippen LogP contribution < -0.4 is 5.32 Å². The summed E-state index contributed by atoms with van der Waals surface area (Å²) in [5.41, 5.74) is 0.663. The van der Waals surface area contributed by atoms with Crippen molar-refractivity contribution in [3.05, 3.63) is 54.1 Å². The topological polar surface area (TPSA) is 66.5 Å². The molecule has 0 radical (unpaired) electrons. The van der Waals surface area contributed by atoms with Gasteiger partial charge in [0.15, 0.2) is 0 Å². The zero-order chi connectivity index (χ0) is 16.0. The molecular weight excluding hydrogens is 295 g/mol. The molecule has 0 heterocycles. The number of carbonyl (C=O) groups is 1. The lowest BCUT2D eigenvalue weighted by Crippen LogP contribution is -2.29. The molecule has 1 N–H and O–H groups in total. The van der Waals surface area contributed by atoms with Crippen LogP contribution in [0.5, 0.6) is 0 Å². The number of halogens is 1. The number of allylic oxidation sites excluding steroid dienone is 2. The molecule has 1 aromatic rings. The third-order valence-corrected chi connectivity index (χ3v) is 4.70. The summed E-state index contributed by atoms with van der Waals surface area (Å²) in [7, 11) is -3.79. The van der Waals surface area contributed by atoms with E-state index in [2.05, 4.69) is 11.9 Å². The Bertz CT molecular complexity index is 651. The van der Waals surface area contributed by atoms with Crippen LogP contribution in [0, 0.1) is 5.82 Å². The molecule has 0 unspecified atom stereocenters. The van der Waals surface area contributed by atoms with Crippen molar-refractivity contribution in [1.29, 1.82) is 0 Å². The van der Waals surface area contributed by atoms with E-state index in [0.717, 1.165) is 16.4 Å². The van der Waals surface area contributed by atoms with Gasteiger partial charge < -0.3 is 5.32 Å². The maximum atomic E-state index is 12.9. The molecule has 0 aromatic heterocycles. The van der Waals surface area contributed by atoms with Crippen molar-refractivity contribution in [1.82, 2.24) is 9.62 Å². The van der Waals surface area contributed by atoms with Gasteiger partial charge in [0.1, 0.15) is 5.82 Å². The van der Waals surface area contributed by atoms with Gasteiger partial charge in [-0.15, -0.1) is 0 Å². The van der Waals surface area contributed by atoms with Crippen LogP contribution in [0.1, 0.15) is 13.8 Å². The molecule has 0 spiro atoms. The highest BCUT2D eigenvalue weighted by Gasteiger charge is 2.23. The number of amides is 1. The fraction of sp³-hybridized carbons (Fsp3) is 0.214. The standard InChI is InChI=1S/C14H17FN2O3S/c1-4-17(12(3)9-11(2)16-10-18)21(19,20)14-7-5-13(15)6-8-14/h5-10H,2,4H2,1,3H3,(H,16,18)/b12-9+. The van der Waals surface area contributed by atoms with Crippen LogP contribution in [0.4, 0.5) is 4.39 Å². The highest BCUT2D eigenvalue weighted by molar-refractivity contribution is 7.89. The Labute approximate surface area is 123 Å². The predicted molar refractivity (Wildman–Crippen MR) is 78.1 cm³/mol. The normalized spacial score (nSPS) is 11.9. The fourth-order valence-electron chi connectivity index (χ4n) is 1.78. The van der Waals surface area contributed by atoms with E-state index in [1.54, 1.807) is 13.8 Å². The average Bonchev–Trinajstić information content (AvgIpc) is 2.39. The van der Waals surface area contributed by atoms with E-state index in [-0.39, 0.29) is 17.1 Å². The SMILES string of the molecule is C=C(/C=C(\C)N(CC)S(=O)(=O)c1ccc(F)cc1)NC=O. The Kier molecular flexibility index (Phi) is 5.66. The summed E-state index contributed by atoms with van der Waals surface area (Å²) in [6.45, 7) is 7.03. The number of hydrogen-bond donors (Lipinski definition) is 1. The van der Waals surface area contributed by atoms with Crippen LogP contribution in [-0.4, -0.2) is 25.7 Å². The molecule has 5 nitrogen and oxygen atoms in total. The molecule has 1 amide bonds. The molecule has 0 aliphatic rings. The van der Waals surface area contributed by atoms with Gasteiger partial charge in [-0.1, -0.05) is 6.58 Å². The third kappa shape index (κ3) is 4.16. The smallest absolute Gasteiger partial charge is 0.264 e. The van der Waals surface area contributed by atoms with E-state index < -0.39 is 15.8 Å². The number of sulfonamides is 1. The number of rotatable bonds is 7. The zero-order valence-electron chi connectivity index (χ0n) is 11.8. The van der Waals surface area contributed by atoms with Crippen molar-refractivity contribution < 1.29 is 17.6 Å². The molecule has 21 heavy (non-hydrogen) atoms. The van der Waals surface area contributed by atoms with E-state index in [1.807, 2.05) is 0 Å². The highest BCUT2D eigenvalue weighted by atomic mass is 32.2. The molecule has 0 aliphatic carbocycles. The van der Waals surface area contributed by atoms with Gasteiger partial charge in [-0.3, -0.25) is 9.10 Å². The van der Waals surface area contributed by atoms with Crippen molar-refractivity contribution in [2.45, 2.75) is 18.7 Å².